The lowest BCUT2D eigenvalue weighted by atomic mass is 10.1. The Labute approximate surface area is 243 Å². The number of urea groups is 1. The number of hydrogen-bond acceptors (Lipinski definition) is 5. The third-order valence-electron chi connectivity index (χ3n) is 6.54. The number of nitrogens with zero attached hydrogens (tertiary/aromatic N) is 2. The molecule has 0 aliphatic heterocycles. The average molecular weight is 583 g/mol. The van der Waals surface area contributed by atoms with Crippen molar-refractivity contribution in [2.75, 3.05) is 28.9 Å². The van der Waals surface area contributed by atoms with Crippen LogP contribution in [0, 0.1) is 0 Å². The molecule has 10 nitrogen and oxygen atoms in total. The molecule has 1 aromatic heterocycles. The first-order valence-electron chi connectivity index (χ1n) is 13.3. The van der Waals surface area contributed by atoms with E-state index in [1.807, 2.05) is 48.5 Å². The molecule has 0 aliphatic rings. The van der Waals surface area contributed by atoms with Crippen LogP contribution in [0.25, 0.3) is 11.0 Å². The van der Waals surface area contributed by atoms with Crippen LogP contribution in [0.3, 0.4) is 0 Å². The molecular weight excluding hydrogens is 552 g/mol. The van der Waals surface area contributed by atoms with Crippen LogP contribution < -0.4 is 15.4 Å². The van der Waals surface area contributed by atoms with E-state index in [9.17, 15) is 18.0 Å². The fourth-order valence-electron chi connectivity index (χ4n) is 4.35. The molecule has 42 heavy (non-hydrogen) atoms. The van der Waals surface area contributed by atoms with Crippen molar-refractivity contribution in [1.29, 1.82) is 0 Å². The van der Waals surface area contributed by atoms with Crippen LogP contribution in [0.1, 0.15) is 22.3 Å². The summed E-state index contributed by atoms with van der Waals surface area (Å²) in [6.07, 6.45) is 1.53. The summed E-state index contributed by atoms with van der Waals surface area (Å²) in [5.41, 5.74) is 3.82. The van der Waals surface area contributed by atoms with Gasteiger partial charge in [0.25, 0.3) is 15.9 Å². The number of rotatable bonds is 10. The maximum atomic E-state index is 12.9. The first-order chi connectivity index (χ1) is 20.3. The van der Waals surface area contributed by atoms with Crippen molar-refractivity contribution in [3.8, 4) is 0 Å². The van der Waals surface area contributed by atoms with Gasteiger partial charge in [0.15, 0.2) is 0 Å². The largest absolute Gasteiger partial charge is 0.328 e. The summed E-state index contributed by atoms with van der Waals surface area (Å²) < 4.78 is 27.8. The van der Waals surface area contributed by atoms with E-state index in [1.54, 1.807) is 48.3 Å². The smallest absolute Gasteiger partial charge is 0.321 e. The molecule has 0 unspecified atom stereocenters. The number of amides is 3. The zero-order valence-electron chi connectivity index (χ0n) is 22.9. The highest BCUT2D eigenvalue weighted by atomic mass is 32.2. The molecule has 0 radical (unpaired) electrons. The lowest BCUT2D eigenvalue weighted by Crippen LogP contribution is -2.32. The topological polar surface area (TPSA) is 136 Å². The minimum atomic E-state index is -3.79. The van der Waals surface area contributed by atoms with Gasteiger partial charge in [0.1, 0.15) is 0 Å². The van der Waals surface area contributed by atoms with Crippen molar-refractivity contribution < 1.29 is 18.0 Å². The number of carbonyl (C=O) groups is 2. The van der Waals surface area contributed by atoms with Crippen LogP contribution >= 0.6 is 0 Å². The van der Waals surface area contributed by atoms with E-state index in [0.717, 1.165) is 29.6 Å². The number of hydrogen-bond donors (Lipinski definition) is 4. The Morgan fingerprint density at radius 2 is 1.55 bits per heavy atom. The van der Waals surface area contributed by atoms with Gasteiger partial charge in [0.05, 0.1) is 15.9 Å². The van der Waals surface area contributed by atoms with Crippen molar-refractivity contribution in [3.63, 3.8) is 0 Å². The zero-order chi connectivity index (χ0) is 29.5. The van der Waals surface area contributed by atoms with Gasteiger partial charge in [0, 0.05) is 30.5 Å². The number of aryl methyl sites for hydroxylation is 1. The van der Waals surface area contributed by atoms with E-state index in [1.165, 1.54) is 18.2 Å². The minimum absolute atomic E-state index is 0.127. The van der Waals surface area contributed by atoms with Gasteiger partial charge in [-0.05, 0) is 73.0 Å². The Morgan fingerprint density at radius 3 is 2.31 bits per heavy atom. The molecule has 0 saturated carbocycles. The number of para-hydroxylation sites is 1. The number of H-pyrrole nitrogens is 1. The van der Waals surface area contributed by atoms with Crippen LogP contribution in [-0.4, -0.2) is 48.8 Å². The molecule has 4 N–H and O–H groups in total. The van der Waals surface area contributed by atoms with Gasteiger partial charge in [-0.3, -0.25) is 14.8 Å². The lowest BCUT2D eigenvalue weighted by Gasteiger charge is -2.18. The Balaban J connectivity index is 1.17. The molecule has 0 fully saturated rings. The van der Waals surface area contributed by atoms with Crippen molar-refractivity contribution >= 4 is 50.3 Å². The number of nitrogens with one attached hydrogen (secondary N) is 4. The lowest BCUT2D eigenvalue weighted by molar-refractivity contribution is 0.102. The second kappa shape index (κ2) is 12.6. The quantitative estimate of drug-likeness (QED) is 0.167. The maximum Gasteiger partial charge on any atom is 0.321 e. The first-order valence-corrected chi connectivity index (χ1v) is 14.8. The number of sulfonamides is 1. The molecule has 0 bridgehead atoms. The van der Waals surface area contributed by atoms with E-state index >= 15 is 0 Å². The van der Waals surface area contributed by atoms with Gasteiger partial charge < -0.3 is 15.2 Å². The van der Waals surface area contributed by atoms with Crippen molar-refractivity contribution in [3.05, 3.63) is 114 Å². The average Bonchev–Trinajstić information content (AvgIpc) is 3.39. The molecule has 4 aromatic carbocycles. The number of benzene rings is 4. The van der Waals surface area contributed by atoms with E-state index in [2.05, 4.69) is 25.3 Å². The van der Waals surface area contributed by atoms with Gasteiger partial charge in [-0.25, -0.2) is 18.2 Å². The van der Waals surface area contributed by atoms with Crippen molar-refractivity contribution in [1.82, 2.24) is 14.9 Å². The highest BCUT2D eigenvalue weighted by Gasteiger charge is 2.16. The molecule has 0 atom stereocenters. The summed E-state index contributed by atoms with van der Waals surface area (Å²) in [5, 5.41) is 5.62. The predicted molar refractivity (Wildman–Crippen MR) is 164 cm³/mol. The number of anilines is 3. The standard InChI is InChI=1S/C31H30N6O4S/c1-37(31(39)32-24-12-4-2-5-13-24)19-9-10-22-17-18-27-28(20-22)34-30(33-27)35-29(38)23-11-8-14-25(21-23)36-42(40,41)26-15-6-3-7-16-26/h2-8,11-18,20-21,36H,9-10,19H2,1H3,(H,32,39)(H2,33,34,35,38). The van der Waals surface area contributed by atoms with Gasteiger partial charge >= 0.3 is 6.03 Å². The monoisotopic (exact) mass is 582 g/mol. The van der Waals surface area contributed by atoms with Gasteiger partial charge in [-0.1, -0.05) is 48.5 Å². The maximum absolute atomic E-state index is 12.9. The molecule has 0 aliphatic carbocycles. The number of imidazole rings is 1. The Hall–Kier alpha value is -5.16. The Morgan fingerprint density at radius 1 is 0.833 bits per heavy atom. The summed E-state index contributed by atoms with van der Waals surface area (Å²) >= 11 is 0. The SMILES string of the molecule is CN(CCCc1ccc2nc(NC(=O)c3cccc(NS(=O)(=O)c4ccccc4)c3)[nH]c2c1)C(=O)Nc1ccccc1. The second-order valence-electron chi connectivity index (χ2n) is 9.71. The highest BCUT2D eigenvalue weighted by Crippen LogP contribution is 2.20. The third kappa shape index (κ3) is 7.12. The van der Waals surface area contributed by atoms with Crippen LogP contribution in [0.5, 0.6) is 0 Å². The van der Waals surface area contributed by atoms with Crippen LogP contribution in [0.4, 0.5) is 22.1 Å². The zero-order valence-corrected chi connectivity index (χ0v) is 23.7. The molecule has 5 rings (SSSR count). The van der Waals surface area contributed by atoms with E-state index in [4.69, 9.17) is 0 Å². The molecule has 214 valence electrons. The number of aromatic amines is 1. The third-order valence-corrected chi connectivity index (χ3v) is 7.94. The fraction of sp³-hybridized carbons (Fsp3) is 0.129. The van der Waals surface area contributed by atoms with E-state index in [0.29, 0.717) is 12.1 Å². The first kappa shape index (κ1) is 28.4. The summed E-state index contributed by atoms with van der Waals surface area (Å²) in [6, 6.07) is 29.2. The fourth-order valence-corrected chi connectivity index (χ4v) is 5.42. The molecular formula is C31H30N6O4S. The van der Waals surface area contributed by atoms with Gasteiger partial charge in [0.2, 0.25) is 5.95 Å². The normalized spacial score (nSPS) is 11.2. The second-order valence-corrected chi connectivity index (χ2v) is 11.4. The molecule has 0 saturated heterocycles. The summed E-state index contributed by atoms with van der Waals surface area (Å²) in [5.74, 6) is -0.161. The van der Waals surface area contributed by atoms with Crippen LogP contribution in [-0.2, 0) is 16.4 Å². The van der Waals surface area contributed by atoms with Gasteiger partial charge in [-0.2, -0.15) is 0 Å². The summed E-state index contributed by atoms with van der Waals surface area (Å²) in [7, 11) is -2.02. The van der Waals surface area contributed by atoms with Crippen molar-refractivity contribution in [2.45, 2.75) is 17.7 Å². The molecule has 1 heterocycles. The number of carbonyl (C=O) groups excluding carboxylic acids is 2. The summed E-state index contributed by atoms with van der Waals surface area (Å²) in [6.45, 7) is 0.585. The molecule has 0 spiro atoms. The van der Waals surface area contributed by atoms with E-state index in [-0.39, 0.29) is 28.1 Å². The van der Waals surface area contributed by atoms with Crippen LogP contribution in [0.15, 0.2) is 108 Å². The van der Waals surface area contributed by atoms with Crippen LogP contribution in [0.2, 0.25) is 0 Å². The number of aromatic nitrogens is 2. The number of fused-ring (bicyclic) bond motifs is 1. The highest BCUT2D eigenvalue weighted by molar-refractivity contribution is 7.92. The predicted octanol–water partition coefficient (Wildman–Crippen LogP) is 5.71. The molecule has 3 amide bonds. The molecule has 5 aromatic rings. The minimum Gasteiger partial charge on any atom is -0.328 e. The van der Waals surface area contributed by atoms with Gasteiger partial charge in [-0.15, -0.1) is 0 Å². The van der Waals surface area contributed by atoms with E-state index < -0.39 is 15.9 Å². The van der Waals surface area contributed by atoms with Crippen molar-refractivity contribution in [2.24, 2.45) is 0 Å². The summed E-state index contributed by atoms with van der Waals surface area (Å²) in [4.78, 5) is 34.7. The Bertz CT molecular complexity index is 1810. The molecule has 11 heteroatoms. The Kier molecular flexibility index (Phi) is 8.49.